The van der Waals surface area contributed by atoms with Gasteiger partial charge in [-0.25, -0.2) is 9.97 Å². The van der Waals surface area contributed by atoms with E-state index in [1.54, 1.807) is 36.2 Å². The van der Waals surface area contributed by atoms with Crippen LogP contribution in [0, 0.1) is 0 Å². The molecule has 8 nitrogen and oxygen atoms in total. The molecule has 3 aromatic heterocycles. The van der Waals surface area contributed by atoms with Crippen molar-refractivity contribution in [3.05, 3.63) is 48.0 Å². The highest BCUT2D eigenvalue weighted by atomic mass is 16.5. The number of carbonyl (C=O) groups is 1. The third kappa shape index (κ3) is 2.77. The van der Waals surface area contributed by atoms with Crippen LogP contribution in [-0.4, -0.2) is 39.9 Å². The summed E-state index contributed by atoms with van der Waals surface area (Å²) in [6, 6.07) is 5.28. The van der Waals surface area contributed by atoms with Gasteiger partial charge in [-0.2, -0.15) is 5.10 Å². The summed E-state index contributed by atoms with van der Waals surface area (Å²) >= 11 is 0. The van der Waals surface area contributed by atoms with Crippen molar-refractivity contribution in [2.24, 2.45) is 0 Å². The number of hydrogen-bond acceptors (Lipinski definition) is 6. The van der Waals surface area contributed by atoms with Crippen LogP contribution in [0.5, 0.6) is 11.6 Å². The fourth-order valence-corrected chi connectivity index (χ4v) is 3.43. The fraction of sp³-hybridized carbons (Fsp3) is 0.300. The quantitative estimate of drug-likeness (QED) is 0.677. The minimum atomic E-state index is -0.190. The predicted molar refractivity (Wildman–Crippen MR) is 104 cm³/mol. The van der Waals surface area contributed by atoms with Crippen LogP contribution in [0.25, 0.3) is 11.3 Å². The summed E-state index contributed by atoms with van der Waals surface area (Å²) in [5, 5.41) is 4.28. The van der Waals surface area contributed by atoms with E-state index >= 15 is 0 Å². The summed E-state index contributed by atoms with van der Waals surface area (Å²) in [4.78, 5) is 23.7. The summed E-state index contributed by atoms with van der Waals surface area (Å²) in [6.45, 7) is 4.72. The number of anilines is 1. The van der Waals surface area contributed by atoms with Crippen molar-refractivity contribution in [2.45, 2.75) is 26.4 Å². The molecule has 8 heteroatoms. The molecule has 0 aromatic carbocycles. The van der Waals surface area contributed by atoms with E-state index in [4.69, 9.17) is 14.5 Å². The largest absolute Gasteiger partial charge is 0.491 e. The van der Waals surface area contributed by atoms with Crippen molar-refractivity contribution in [3.63, 3.8) is 0 Å². The third-order valence-corrected chi connectivity index (χ3v) is 4.91. The normalized spacial score (nSPS) is 15.6. The summed E-state index contributed by atoms with van der Waals surface area (Å²) in [5.41, 5.74) is 3.62. The number of ether oxygens (including phenoxy) is 2. The number of amides is 1. The molecule has 0 N–H and O–H groups in total. The average molecular weight is 379 g/mol. The van der Waals surface area contributed by atoms with Gasteiger partial charge in [0.2, 0.25) is 0 Å². The zero-order valence-electron chi connectivity index (χ0n) is 16.2. The van der Waals surface area contributed by atoms with Crippen molar-refractivity contribution in [1.82, 2.24) is 19.7 Å². The number of nitrogens with zero attached hydrogens (tertiary/aromatic N) is 5. The van der Waals surface area contributed by atoms with Crippen LogP contribution in [0.3, 0.4) is 0 Å². The predicted octanol–water partition coefficient (Wildman–Crippen LogP) is 3.10. The Labute approximate surface area is 162 Å². The van der Waals surface area contributed by atoms with Crippen molar-refractivity contribution in [2.75, 3.05) is 19.1 Å². The molecule has 1 aliphatic heterocycles. The van der Waals surface area contributed by atoms with E-state index in [0.29, 0.717) is 17.2 Å². The first-order valence-corrected chi connectivity index (χ1v) is 9.02. The van der Waals surface area contributed by atoms with Gasteiger partial charge in [0, 0.05) is 24.5 Å². The molecular weight excluding hydrogens is 358 g/mol. The monoisotopic (exact) mass is 379 g/mol. The Morgan fingerprint density at radius 1 is 1.18 bits per heavy atom. The van der Waals surface area contributed by atoms with Gasteiger partial charge in [-0.3, -0.25) is 14.4 Å². The molecular formula is C20H21N5O3. The van der Waals surface area contributed by atoms with Crippen molar-refractivity contribution in [3.8, 4) is 22.9 Å². The number of methoxy groups -OCH3 is 2. The molecule has 0 aliphatic carbocycles. The first kappa shape index (κ1) is 18.0. The average Bonchev–Trinajstić information content (AvgIpc) is 3.30. The second kappa shape index (κ2) is 6.95. The van der Waals surface area contributed by atoms with Gasteiger partial charge in [-0.05, 0) is 32.0 Å². The lowest BCUT2D eigenvalue weighted by Gasteiger charge is -2.19. The number of aromatic nitrogens is 4. The van der Waals surface area contributed by atoms with Gasteiger partial charge in [0.1, 0.15) is 0 Å². The van der Waals surface area contributed by atoms with E-state index < -0.39 is 0 Å². The van der Waals surface area contributed by atoms with Gasteiger partial charge < -0.3 is 9.47 Å². The van der Waals surface area contributed by atoms with Crippen molar-refractivity contribution in [1.29, 1.82) is 0 Å². The highest BCUT2D eigenvalue weighted by molar-refractivity contribution is 6.10. The molecule has 1 atom stereocenters. The number of fused-ring (bicyclic) bond motifs is 1. The molecule has 0 saturated carbocycles. The Bertz CT molecular complexity index is 1050. The molecule has 0 unspecified atom stereocenters. The maximum Gasteiger partial charge on any atom is 0.260 e. The second-order valence-electron chi connectivity index (χ2n) is 6.47. The highest BCUT2D eigenvalue weighted by Crippen LogP contribution is 2.37. The van der Waals surface area contributed by atoms with Crippen LogP contribution in [0.2, 0.25) is 0 Å². The Morgan fingerprint density at radius 2 is 2.00 bits per heavy atom. The Morgan fingerprint density at radius 3 is 2.68 bits per heavy atom. The Kier molecular flexibility index (Phi) is 4.46. The van der Waals surface area contributed by atoms with Crippen LogP contribution in [0.4, 0.5) is 5.69 Å². The zero-order valence-corrected chi connectivity index (χ0v) is 16.2. The maximum atomic E-state index is 12.9. The Hall–Kier alpha value is -3.42. The summed E-state index contributed by atoms with van der Waals surface area (Å²) in [5.74, 6) is 0.873. The summed E-state index contributed by atoms with van der Waals surface area (Å²) in [6.07, 6.45) is 5.27. The van der Waals surface area contributed by atoms with Gasteiger partial charge in [-0.1, -0.05) is 0 Å². The topological polar surface area (TPSA) is 82.4 Å². The molecule has 28 heavy (non-hydrogen) atoms. The van der Waals surface area contributed by atoms with Crippen LogP contribution < -0.4 is 14.4 Å². The molecule has 0 saturated heterocycles. The van der Waals surface area contributed by atoms with Crippen molar-refractivity contribution < 1.29 is 14.3 Å². The van der Waals surface area contributed by atoms with Crippen molar-refractivity contribution >= 4 is 11.6 Å². The second-order valence-corrected chi connectivity index (χ2v) is 6.47. The van der Waals surface area contributed by atoms with Gasteiger partial charge >= 0.3 is 0 Å². The molecule has 3 aromatic rings. The molecule has 0 radical (unpaired) electrons. The number of hydrogen-bond donors (Lipinski definition) is 0. The smallest absolute Gasteiger partial charge is 0.260 e. The standard InChI is InChI=1S/C20H21N5O3/c1-5-24-11-14(10-22-24)25-12(2)18-15(20(25)26)6-7-16(23-18)13-8-17(27-3)19(28-4)21-9-13/h6-12H,5H2,1-4H3/t12-/m1/s1. The molecule has 1 aliphatic rings. The minimum Gasteiger partial charge on any atom is -0.491 e. The lowest BCUT2D eigenvalue weighted by atomic mass is 10.1. The number of rotatable bonds is 5. The highest BCUT2D eigenvalue weighted by Gasteiger charge is 2.37. The SMILES string of the molecule is CCn1cc(N2C(=O)c3ccc(-c4cnc(OC)c(OC)c4)nc3[C@H]2C)cn1. The molecule has 0 fully saturated rings. The van der Waals surface area contributed by atoms with Crippen LogP contribution in [-0.2, 0) is 6.54 Å². The molecule has 4 rings (SSSR count). The van der Waals surface area contributed by atoms with E-state index in [2.05, 4.69) is 10.1 Å². The maximum absolute atomic E-state index is 12.9. The molecule has 1 amide bonds. The third-order valence-electron chi connectivity index (χ3n) is 4.91. The molecule has 144 valence electrons. The van der Waals surface area contributed by atoms with E-state index in [1.807, 2.05) is 38.2 Å². The summed E-state index contributed by atoms with van der Waals surface area (Å²) in [7, 11) is 3.11. The first-order valence-electron chi connectivity index (χ1n) is 9.02. The Balaban J connectivity index is 1.72. The minimum absolute atomic E-state index is 0.0670. The first-order chi connectivity index (χ1) is 13.6. The molecule has 0 spiro atoms. The van der Waals surface area contributed by atoms with Crippen LogP contribution >= 0.6 is 0 Å². The number of aryl methyl sites for hydroxylation is 1. The lowest BCUT2D eigenvalue weighted by molar-refractivity contribution is 0.0992. The number of pyridine rings is 2. The van der Waals surface area contributed by atoms with E-state index in [0.717, 1.165) is 29.2 Å². The van der Waals surface area contributed by atoms with E-state index in [9.17, 15) is 4.79 Å². The lowest BCUT2D eigenvalue weighted by Crippen LogP contribution is -2.25. The zero-order chi connectivity index (χ0) is 19.8. The van der Waals surface area contributed by atoms with Gasteiger partial charge in [-0.15, -0.1) is 0 Å². The van der Waals surface area contributed by atoms with Gasteiger partial charge in [0.05, 0.1) is 49.1 Å². The summed E-state index contributed by atoms with van der Waals surface area (Å²) < 4.78 is 12.3. The van der Waals surface area contributed by atoms with Gasteiger partial charge in [0.25, 0.3) is 11.8 Å². The van der Waals surface area contributed by atoms with E-state index in [1.165, 1.54) is 0 Å². The molecule has 4 heterocycles. The number of carbonyl (C=O) groups excluding carboxylic acids is 1. The van der Waals surface area contributed by atoms with Crippen LogP contribution in [0.1, 0.15) is 35.9 Å². The molecule has 0 bridgehead atoms. The fourth-order valence-electron chi connectivity index (χ4n) is 3.43. The van der Waals surface area contributed by atoms with E-state index in [-0.39, 0.29) is 11.9 Å². The van der Waals surface area contributed by atoms with Crippen LogP contribution in [0.15, 0.2) is 36.8 Å². The van der Waals surface area contributed by atoms with Gasteiger partial charge in [0.15, 0.2) is 5.75 Å².